The quantitative estimate of drug-likeness (QED) is 0.149. The lowest BCUT2D eigenvalue weighted by molar-refractivity contribution is 0.0991. The van der Waals surface area contributed by atoms with Crippen LogP contribution in [0.25, 0.3) is 0 Å². The molecule has 2 heterocycles. The van der Waals surface area contributed by atoms with E-state index in [1.54, 1.807) is 12.1 Å². The molecule has 2 aliphatic heterocycles. The number of phenolic OH excluding ortho intramolecular Hbond substituents is 3. The van der Waals surface area contributed by atoms with E-state index in [-0.39, 0.29) is 46.6 Å². The third kappa shape index (κ3) is 6.48. The van der Waals surface area contributed by atoms with Crippen molar-refractivity contribution < 1.29 is 24.9 Å². The van der Waals surface area contributed by atoms with Crippen LogP contribution in [-0.2, 0) is 4.74 Å². The molecule has 0 aliphatic carbocycles. The zero-order chi connectivity index (χ0) is 28.1. The van der Waals surface area contributed by atoms with Crippen LogP contribution < -0.4 is 10.2 Å². The van der Waals surface area contributed by atoms with Crippen LogP contribution in [0.1, 0.15) is 88.2 Å². The molecule has 1 amide bonds. The molecule has 1 fully saturated rings. The Morgan fingerprint density at radius 1 is 1.00 bits per heavy atom. The van der Waals surface area contributed by atoms with Crippen molar-refractivity contribution in [2.75, 3.05) is 23.4 Å². The molecule has 1 atom stereocenters. The van der Waals surface area contributed by atoms with Crippen LogP contribution in [0, 0.1) is 0 Å². The number of allylic oxidation sites excluding steroid dienone is 5. The van der Waals surface area contributed by atoms with Gasteiger partial charge in [-0.2, -0.15) is 0 Å². The summed E-state index contributed by atoms with van der Waals surface area (Å²) in [6.07, 6.45) is 11.5. The highest BCUT2D eigenvalue weighted by atomic mass is 16.5. The Labute approximate surface area is 231 Å². The molecule has 0 spiro atoms. The fourth-order valence-corrected chi connectivity index (χ4v) is 5.11. The van der Waals surface area contributed by atoms with E-state index in [1.807, 2.05) is 13.0 Å². The second-order valence-electron chi connectivity index (χ2n) is 10.8. The summed E-state index contributed by atoms with van der Waals surface area (Å²) in [5.74, 6) is -0.740. The first kappa shape index (κ1) is 28.3. The molecule has 2 aromatic rings. The van der Waals surface area contributed by atoms with E-state index in [9.17, 15) is 20.1 Å². The number of phenols is 3. The molecule has 1 saturated heterocycles. The van der Waals surface area contributed by atoms with Crippen molar-refractivity contribution in [3.8, 4) is 17.2 Å². The van der Waals surface area contributed by atoms with Gasteiger partial charge in [-0.3, -0.25) is 4.79 Å². The summed E-state index contributed by atoms with van der Waals surface area (Å²) < 4.78 is 5.73. The van der Waals surface area contributed by atoms with Crippen LogP contribution in [-0.4, -0.2) is 34.4 Å². The Kier molecular flexibility index (Phi) is 9.02. The molecule has 2 aromatic carbocycles. The van der Waals surface area contributed by atoms with Gasteiger partial charge in [0.15, 0.2) is 5.75 Å². The maximum Gasteiger partial charge on any atom is 0.260 e. The standard InChI is InChI=1S/C32H40N2O5/c1-20(2)9-5-10-21(3)11-6-12-22(4)16-17-34-24-19-26(36)28(27-15-8-18-39-27)31(37)30(24)33-29-23(32(34)38)13-7-14-25(29)35/h7,9,11,13-14,16,19,27,33,35-37H,5-6,8,10,12,15,17-18H2,1-4H3/b21-11+,22-16+. The van der Waals surface area contributed by atoms with E-state index in [2.05, 4.69) is 38.2 Å². The monoisotopic (exact) mass is 532 g/mol. The Hall–Kier alpha value is -3.71. The average molecular weight is 533 g/mol. The topological polar surface area (TPSA) is 102 Å². The number of para-hydroxylation sites is 1. The number of anilines is 3. The number of carbonyl (C=O) groups excluding carboxylic acids is 1. The number of nitrogens with zero attached hydrogens (tertiary/aromatic N) is 1. The lowest BCUT2D eigenvalue weighted by Gasteiger charge is -2.25. The number of rotatable bonds is 9. The normalized spacial score (nSPS) is 17.4. The summed E-state index contributed by atoms with van der Waals surface area (Å²) in [6.45, 7) is 9.23. The Morgan fingerprint density at radius 3 is 2.41 bits per heavy atom. The van der Waals surface area contributed by atoms with Crippen LogP contribution in [0.15, 0.2) is 59.2 Å². The fourth-order valence-electron chi connectivity index (χ4n) is 5.11. The summed E-state index contributed by atoms with van der Waals surface area (Å²) in [6, 6.07) is 6.25. The number of amides is 1. The number of ether oxygens (including phenoxy) is 1. The number of hydrogen-bond donors (Lipinski definition) is 4. The number of aromatic hydroxyl groups is 3. The highest BCUT2D eigenvalue weighted by Crippen LogP contribution is 2.51. The zero-order valence-electron chi connectivity index (χ0n) is 23.4. The smallest absolute Gasteiger partial charge is 0.260 e. The number of nitrogens with one attached hydrogen (secondary N) is 1. The molecular formula is C32H40N2O5. The molecule has 0 radical (unpaired) electrons. The lowest BCUT2D eigenvalue weighted by atomic mass is 10.0. The first-order valence-corrected chi connectivity index (χ1v) is 13.7. The molecule has 4 N–H and O–H groups in total. The van der Waals surface area contributed by atoms with Crippen LogP contribution >= 0.6 is 0 Å². The molecule has 7 heteroatoms. The van der Waals surface area contributed by atoms with Crippen LogP contribution in [0.4, 0.5) is 17.1 Å². The van der Waals surface area contributed by atoms with E-state index in [0.29, 0.717) is 24.3 Å². The van der Waals surface area contributed by atoms with Crippen molar-refractivity contribution in [2.45, 2.75) is 72.3 Å². The minimum atomic E-state index is -0.436. The summed E-state index contributed by atoms with van der Waals surface area (Å²) >= 11 is 0. The Morgan fingerprint density at radius 2 is 1.72 bits per heavy atom. The number of carbonyl (C=O) groups is 1. The molecule has 4 rings (SSSR count). The molecule has 208 valence electrons. The van der Waals surface area contributed by atoms with Crippen molar-refractivity contribution in [1.82, 2.24) is 0 Å². The molecule has 0 aromatic heterocycles. The highest BCUT2D eigenvalue weighted by Gasteiger charge is 2.34. The van der Waals surface area contributed by atoms with Gasteiger partial charge in [-0.15, -0.1) is 0 Å². The van der Waals surface area contributed by atoms with E-state index in [1.165, 1.54) is 28.2 Å². The first-order valence-electron chi connectivity index (χ1n) is 13.7. The lowest BCUT2D eigenvalue weighted by Crippen LogP contribution is -2.30. The fraction of sp³-hybridized carbons (Fsp3) is 0.406. The van der Waals surface area contributed by atoms with Gasteiger partial charge in [-0.1, -0.05) is 41.0 Å². The SMILES string of the molecule is CC(C)=CCC/C(C)=C/CC/C(C)=C/CN1C(=O)c2cccc(O)c2Nc2c1cc(O)c(C1CCCO1)c2O. The minimum absolute atomic E-state index is 0.0988. The summed E-state index contributed by atoms with van der Waals surface area (Å²) in [7, 11) is 0. The third-order valence-electron chi connectivity index (χ3n) is 7.35. The summed E-state index contributed by atoms with van der Waals surface area (Å²) in [4.78, 5) is 15.2. The van der Waals surface area contributed by atoms with Gasteiger partial charge in [0.05, 0.1) is 28.6 Å². The van der Waals surface area contributed by atoms with Gasteiger partial charge in [0.2, 0.25) is 0 Å². The van der Waals surface area contributed by atoms with E-state index in [4.69, 9.17) is 4.74 Å². The second kappa shape index (κ2) is 12.4. The van der Waals surface area contributed by atoms with E-state index < -0.39 is 6.10 Å². The zero-order valence-corrected chi connectivity index (χ0v) is 23.4. The average Bonchev–Trinajstić information content (AvgIpc) is 3.37. The maximum absolute atomic E-state index is 13.7. The number of benzene rings is 2. The largest absolute Gasteiger partial charge is 0.507 e. The van der Waals surface area contributed by atoms with E-state index in [0.717, 1.165) is 37.7 Å². The predicted octanol–water partition coefficient (Wildman–Crippen LogP) is 7.78. The molecule has 39 heavy (non-hydrogen) atoms. The third-order valence-corrected chi connectivity index (χ3v) is 7.35. The van der Waals surface area contributed by atoms with Gasteiger partial charge in [-0.05, 0) is 78.4 Å². The van der Waals surface area contributed by atoms with Crippen LogP contribution in [0.2, 0.25) is 0 Å². The van der Waals surface area contributed by atoms with Crippen LogP contribution in [0.5, 0.6) is 17.2 Å². The predicted molar refractivity (Wildman–Crippen MR) is 156 cm³/mol. The molecule has 7 nitrogen and oxygen atoms in total. The molecule has 2 aliphatic rings. The molecule has 0 bridgehead atoms. The summed E-state index contributed by atoms with van der Waals surface area (Å²) in [5.41, 5.74) is 5.24. The second-order valence-corrected chi connectivity index (χ2v) is 10.8. The van der Waals surface area contributed by atoms with Gasteiger partial charge in [-0.25, -0.2) is 0 Å². The molecule has 0 saturated carbocycles. The van der Waals surface area contributed by atoms with Crippen molar-refractivity contribution in [3.05, 3.63) is 70.3 Å². The first-order chi connectivity index (χ1) is 18.7. The van der Waals surface area contributed by atoms with E-state index >= 15 is 0 Å². The molecule has 1 unspecified atom stereocenters. The Bertz CT molecular complexity index is 1310. The van der Waals surface area contributed by atoms with Crippen molar-refractivity contribution in [2.24, 2.45) is 0 Å². The van der Waals surface area contributed by atoms with Gasteiger partial charge in [0.1, 0.15) is 17.2 Å². The number of fused-ring (bicyclic) bond motifs is 2. The summed E-state index contributed by atoms with van der Waals surface area (Å²) in [5, 5.41) is 35.9. The molecular weight excluding hydrogens is 492 g/mol. The van der Waals surface area contributed by atoms with Crippen molar-refractivity contribution >= 4 is 23.0 Å². The van der Waals surface area contributed by atoms with Gasteiger partial charge in [0, 0.05) is 19.2 Å². The van der Waals surface area contributed by atoms with Crippen molar-refractivity contribution in [1.29, 1.82) is 0 Å². The van der Waals surface area contributed by atoms with Gasteiger partial charge in [0.25, 0.3) is 5.91 Å². The van der Waals surface area contributed by atoms with Crippen LogP contribution in [0.3, 0.4) is 0 Å². The Balaban J connectivity index is 1.61. The maximum atomic E-state index is 13.7. The minimum Gasteiger partial charge on any atom is -0.507 e. The van der Waals surface area contributed by atoms with Gasteiger partial charge < -0.3 is 30.3 Å². The number of hydrogen-bond acceptors (Lipinski definition) is 6. The van der Waals surface area contributed by atoms with Gasteiger partial charge >= 0.3 is 0 Å². The highest BCUT2D eigenvalue weighted by molar-refractivity contribution is 6.15. The van der Waals surface area contributed by atoms with Crippen molar-refractivity contribution in [3.63, 3.8) is 0 Å².